The maximum absolute atomic E-state index is 5.63. The number of nitrogens with zero attached hydrogens (tertiary/aromatic N) is 2. The molecule has 3 nitrogen and oxygen atoms in total. The quantitative estimate of drug-likeness (QED) is 0.894. The molecule has 19 heavy (non-hydrogen) atoms. The van der Waals surface area contributed by atoms with Crippen LogP contribution in [0.2, 0.25) is 0 Å². The molecule has 0 amide bonds. The summed E-state index contributed by atoms with van der Waals surface area (Å²) in [5.41, 5.74) is 9.79. The summed E-state index contributed by atoms with van der Waals surface area (Å²) in [6.45, 7) is 7.77. The minimum absolute atomic E-state index is 0.735. The van der Waals surface area contributed by atoms with E-state index in [0.29, 0.717) is 0 Å². The zero-order valence-corrected chi connectivity index (χ0v) is 11.9. The van der Waals surface area contributed by atoms with Crippen LogP contribution < -0.4 is 10.6 Å². The van der Waals surface area contributed by atoms with Crippen molar-refractivity contribution >= 4 is 5.69 Å². The lowest BCUT2D eigenvalue weighted by molar-refractivity contribution is 0.248. The maximum atomic E-state index is 5.63. The van der Waals surface area contributed by atoms with Crippen molar-refractivity contribution in [2.45, 2.75) is 32.2 Å². The highest BCUT2D eigenvalue weighted by atomic mass is 15.3. The molecule has 2 fully saturated rings. The second kappa shape index (κ2) is 5.51. The van der Waals surface area contributed by atoms with Crippen LogP contribution in [-0.2, 0) is 6.42 Å². The van der Waals surface area contributed by atoms with Gasteiger partial charge in [-0.1, -0.05) is 12.1 Å². The molecule has 0 atom stereocenters. The number of rotatable bonds is 4. The Kier molecular flexibility index (Phi) is 3.76. The van der Waals surface area contributed by atoms with Crippen molar-refractivity contribution in [3.05, 3.63) is 29.3 Å². The molecule has 1 aromatic carbocycles. The maximum Gasteiger partial charge on any atom is 0.0397 e. The van der Waals surface area contributed by atoms with E-state index in [-0.39, 0.29) is 0 Å². The molecule has 2 N–H and O–H groups in total. The highest BCUT2D eigenvalue weighted by Gasteiger charge is 2.31. The number of piperazine rings is 1. The Hall–Kier alpha value is -1.06. The van der Waals surface area contributed by atoms with Crippen molar-refractivity contribution in [1.82, 2.24) is 4.90 Å². The average molecular weight is 259 g/mol. The van der Waals surface area contributed by atoms with Crippen LogP contribution in [0.4, 0.5) is 5.69 Å². The Bertz CT molecular complexity index is 432. The molecule has 1 saturated carbocycles. The predicted octanol–water partition coefficient (Wildman–Crippen LogP) is 1.78. The molecule has 104 valence electrons. The highest BCUT2D eigenvalue weighted by molar-refractivity contribution is 5.55. The standard InChI is InChI=1S/C16H25N3/c1-13-12-14(6-7-17)2-5-16(13)19-10-8-18(9-11-19)15-3-4-15/h2,5,12,15H,3-4,6-11,17H2,1H3. The van der Waals surface area contributed by atoms with Crippen LogP contribution in [0.15, 0.2) is 18.2 Å². The van der Waals surface area contributed by atoms with E-state index in [1.807, 2.05) is 0 Å². The van der Waals surface area contributed by atoms with E-state index in [1.54, 1.807) is 0 Å². The fraction of sp³-hybridized carbons (Fsp3) is 0.625. The monoisotopic (exact) mass is 259 g/mol. The van der Waals surface area contributed by atoms with Crippen LogP contribution in [0.25, 0.3) is 0 Å². The molecule has 0 aromatic heterocycles. The predicted molar refractivity (Wildman–Crippen MR) is 80.7 cm³/mol. The van der Waals surface area contributed by atoms with E-state index < -0.39 is 0 Å². The molecule has 1 heterocycles. The van der Waals surface area contributed by atoms with Crippen molar-refractivity contribution < 1.29 is 0 Å². The van der Waals surface area contributed by atoms with E-state index in [4.69, 9.17) is 5.73 Å². The molecule has 1 saturated heterocycles. The molecule has 0 unspecified atom stereocenters. The Labute approximate surface area is 116 Å². The van der Waals surface area contributed by atoms with E-state index in [1.165, 1.54) is 55.8 Å². The summed E-state index contributed by atoms with van der Waals surface area (Å²) < 4.78 is 0. The third kappa shape index (κ3) is 2.93. The van der Waals surface area contributed by atoms with Crippen LogP contribution in [-0.4, -0.2) is 43.7 Å². The van der Waals surface area contributed by atoms with Crippen LogP contribution in [0, 0.1) is 6.92 Å². The van der Waals surface area contributed by atoms with Gasteiger partial charge in [-0.15, -0.1) is 0 Å². The van der Waals surface area contributed by atoms with Crippen molar-refractivity contribution in [2.75, 3.05) is 37.6 Å². The van der Waals surface area contributed by atoms with Crippen LogP contribution >= 0.6 is 0 Å². The Morgan fingerprint density at radius 1 is 1.16 bits per heavy atom. The van der Waals surface area contributed by atoms with E-state index in [0.717, 1.165) is 19.0 Å². The molecular weight excluding hydrogens is 234 g/mol. The van der Waals surface area contributed by atoms with Gasteiger partial charge in [0, 0.05) is 37.9 Å². The molecule has 2 aliphatic rings. The lowest BCUT2D eigenvalue weighted by Crippen LogP contribution is -2.47. The normalized spacial score (nSPS) is 20.8. The summed E-state index contributed by atoms with van der Waals surface area (Å²) in [7, 11) is 0. The summed E-state index contributed by atoms with van der Waals surface area (Å²) in [6, 6.07) is 7.74. The number of benzene rings is 1. The average Bonchev–Trinajstić information content (AvgIpc) is 3.24. The first-order valence-electron chi connectivity index (χ1n) is 7.56. The number of hydrogen-bond acceptors (Lipinski definition) is 3. The second-order valence-electron chi connectivity index (χ2n) is 5.91. The third-order valence-electron chi connectivity index (χ3n) is 4.41. The molecule has 0 spiro atoms. The topological polar surface area (TPSA) is 32.5 Å². The highest BCUT2D eigenvalue weighted by Crippen LogP contribution is 2.29. The first-order chi connectivity index (χ1) is 9.28. The van der Waals surface area contributed by atoms with Crippen molar-refractivity contribution in [3.63, 3.8) is 0 Å². The number of nitrogens with two attached hydrogens (primary N) is 1. The second-order valence-corrected chi connectivity index (χ2v) is 5.91. The summed E-state index contributed by atoms with van der Waals surface area (Å²) >= 11 is 0. The third-order valence-corrected chi connectivity index (χ3v) is 4.41. The molecular formula is C16H25N3. The zero-order chi connectivity index (χ0) is 13.2. The first-order valence-corrected chi connectivity index (χ1v) is 7.56. The van der Waals surface area contributed by atoms with Crippen molar-refractivity contribution in [3.8, 4) is 0 Å². The van der Waals surface area contributed by atoms with Crippen molar-refractivity contribution in [1.29, 1.82) is 0 Å². The van der Waals surface area contributed by atoms with Crippen LogP contribution in [0.1, 0.15) is 24.0 Å². The fourth-order valence-corrected chi connectivity index (χ4v) is 3.16. The van der Waals surface area contributed by atoms with E-state index in [2.05, 4.69) is 34.9 Å². The van der Waals surface area contributed by atoms with Gasteiger partial charge in [0.2, 0.25) is 0 Å². The molecule has 0 radical (unpaired) electrons. The molecule has 0 bridgehead atoms. The largest absolute Gasteiger partial charge is 0.369 e. The van der Waals surface area contributed by atoms with E-state index in [9.17, 15) is 0 Å². The van der Waals surface area contributed by atoms with Crippen molar-refractivity contribution in [2.24, 2.45) is 5.73 Å². The van der Waals surface area contributed by atoms with Gasteiger partial charge in [0.05, 0.1) is 0 Å². The summed E-state index contributed by atoms with van der Waals surface area (Å²) in [6.07, 6.45) is 3.83. The minimum Gasteiger partial charge on any atom is -0.369 e. The smallest absolute Gasteiger partial charge is 0.0397 e. The summed E-state index contributed by atoms with van der Waals surface area (Å²) in [5, 5.41) is 0. The minimum atomic E-state index is 0.735. The molecule has 3 rings (SSSR count). The molecule has 1 aliphatic carbocycles. The lowest BCUT2D eigenvalue weighted by Gasteiger charge is -2.37. The SMILES string of the molecule is Cc1cc(CCN)ccc1N1CCN(C2CC2)CC1. The van der Waals surface area contributed by atoms with Gasteiger partial charge in [0.1, 0.15) is 0 Å². The van der Waals surface area contributed by atoms with Gasteiger partial charge in [-0.25, -0.2) is 0 Å². The van der Waals surface area contributed by atoms with Gasteiger partial charge in [-0.05, 0) is 49.9 Å². The number of hydrogen-bond donors (Lipinski definition) is 1. The summed E-state index contributed by atoms with van der Waals surface area (Å²) in [5.74, 6) is 0. The van der Waals surface area contributed by atoms with Gasteiger partial charge in [0.25, 0.3) is 0 Å². The Morgan fingerprint density at radius 3 is 2.47 bits per heavy atom. The fourth-order valence-electron chi connectivity index (χ4n) is 3.16. The summed E-state index contributed by atoms with van der Waals surface area (Å²) in [4.78, 5) is 5.20. The molecule has 3 heteroatoms. The number of anilines is 1. The molecule has 1 aromatic rings. The first kappa shape index (κ1) is 12.9. The molecule has 1 aliphatic heterocycles. The van der Waals surface area contributed by atoms with Crippen LogP contribution in [0.3, 0.4) is 0 Å². The van der Waals surface area contributed by atoms with Gasteiger partial charge in [-0.2, -0.15) is 0 Å². The van der Waals surface area contributed by atoms with Gasteiger partial charge < -0.3 is 10.6 Å². The van der Waals surface area contributed by atoms with Crippen LogP contribution in [0.5, 0.6) is 0 Å². The van der Waals surface area contributed by atoms with Gasteiger partial charge in [0.15, 0.2) is 0 Å². The lowest BCUT2D eigenvalue weighted by atomic mass is 10.1. The van der Waals surface area contributed by atoms with E-state index >= 15 is 0 Å². The zero-order valence-electron chi connectivity index (χ0n) is 11.9. The van der Waals surface area contributed by atoms with Gasteiger partial charge in [-0.3, -0.25) is 4.90 Å². The Balaban J connectivity index is 1.65. The Morgan fingerprint density at radius 2 is 1.89 bits per heavy atom. The van der Waals surface area contributed by atoms with Gasteiger partial charge >= 0.3 is 0 Å². The number of aryl methyl sites for hydroxylation is 1.